The normalized spacial score (nSPS) is 11.3. The molecule has 0 saturated heterocycles. The molecule has 1 aromatic heterocycles. The van der Waals surface area contributed by atoms with Gasteiger partial charge in [-0.2, -0.15) is 0 Å². The van der Waals surface area contributed by atoms with Gasteiger partial charge in [-0.3, -0.25) is 0 Å². The summed E-state index contributed by atoms with van der Waals surface area (Å²) in [6.45, 7) is 5.90. The van der Waals surface area contributed by atoms with Crippen molar-refractivity contribution < 1.29 is 14.6 Å². The van der Waals surface area contributed by atoms with Crippen molar-refractivity contribution >= 4 is 17.3 Å². The summed E-state index contributed by atoms with van der Waals surface area (Å²) in [5, 5.41) is 16.4. The average molecular weight is 378 g/mol. The van der Waals surface area contributed by atoms with E-state index in [-0.39, 0.29) is 5.75 Å². The third-order valence-corrected chi connectivity index (χ3v) is 4.54. The molecule has 0 saturated carbocycles. The Morgan fingerprint density at radius 2 is 1.96 bits per heavy atom. The zero-order valence-electron chi connectivity index (χ0n) is 15.9. The number of aromatic nitrogens is 1. The Hall–Kier alpha value is -2.48. The zero-order chi connectivity index (χ0) is 19.1. The molecule has 0 spiro atoms. The quantitative estimate of drug-likeness (QED) is 0.570. The van der Waals surface area contributed by atoms with Crippen LogP contribution in [0.25, 0.3) is 0 Å². The largest absolute Gasteiger partial charge is 0.502 e. The van der Waals surface area contributed by atoms with Crippen molar-refractivity contribution in [3.05, 3.63) is 33.8 Å². The molecule has 142 valence electrons. The summed E-state index contributed by atoms with van der Waals surface area (Å²) in [6.07, 6.45) is 0. The van der Waals surface area contributed by atoms with Gasteiger partial charge >= 0.3 is 0 Å². The van der Waals surface area contributed by atoms with Crippen LogP contribution in [0.15, 0.2) is 22.5 Å². The summed E-state index contributed by atoms with van der Waals surface area (Å²) >= 11 is 1.64. The van der Waals surface area contributed by atoms with E-state index in [2.05, 4.69) is 20.7 Å². The fourth-order valence-corrected chi connectivity index (χ4v) is 3.08. The van der Waals surface area contributed by atoms with Gasteiger partial charge in [-0.25, -0.2) is 9.98 Å². The van der Waals surface area contributed by atoms with Gasteiger partial charge in [-0.05, 0) is 31.5 Å². The van der Waals surface area contributed by atoms with Crippen LogP contribution in [-0.2, 0) is 13.1 Å². The second-order valence-corrected chi connectivity index (χ2v) is 6.80. The lowest BCUT2D eigenvalue weighted by molar-refractivity contribution is 0.339. The maximum Gasteiger partial charge on any atom is 0.200 e. The third-order valence-electron chi connectivity index (χ3n) is 3.71. The molecule has 2 aromatic rings. The Morgan fingerprint density at radius 1 is 1.31 bits per heavy atom. The molecule has 0 unspecified atom stereocenters. The van der Waals surface area contributed by atoms with Crippen LogP contribution < -0.4 is 14.8 Å². The van der Waals surface area contributed by atoms with Crippen LogP contribution in [0.5, 0.6) is 17.2 Å². The molecular formula is C18H26N4O3S. The third kappa shape index (κ3) is 5.01. The number of aromatic hydroxyl groups is 1. The highest BCUT2D eigenvalue weighted by Gasteiger charge is 2.12. The number of thiazole rings is 1. The molecule has 0 aliphatic carbocycles. The predicted octanol–water partition coefficient (Wildman–Crippen LogP) is 2.77. The number of hydrogen-bond acceptors (Lipinski definition) is 6. The van der Waals surface area contributed by atoms with Crippen LogP contribution in [0, 0.1) is 6.92 Å². The second kappa shape index (κ2) is 9.28. The number of benzene rings is 1. The summed E-state index contributed by atoms with van der Waals surface area (Å²) < 4.78 is 10.4. The van der Waals surface area contributed by atoms with Crippen molar-refractivity contribution in [3.8, 4) is 17.2 Å². The second-order valence-electron chi connectivity index (χ2n) is 5.73. The molecular weight excluding hydrogens is 352 g/mol. The Kier molecular flexibility index (Phi) is 7.08. The van der Waals surface area contributed by atoms with Gasteiger partial charge in [0, 0.05) is 19.0 Å². The molecule has 7 nitrogen and oxygen atoms in total. The van der Waals surface area contributed by atoms with Gasteiger partial charge in [0.05, 0.1) is 38.0 Å². The Morgan fingerprint density at radius 3 is 2.46 bits per heavy atom. The summed E-state index contributed by atoms with van der Waals surface area (Å²) in [5.41, 5.74) is 1.90. The summed E-state index contributed by atoms with van der Waals surface area (Å²) in [7, 11) is 5.00. The van der Waals surface area contributed by atoms with Crippen molar-refractivity contribution in [2.75, 3.05) is 27.8 Å². The molecule has 2 rings (SSSR count). The van der Waals surface area contributed by atoms with Gasteiger partial charge < -0.3 is 24.8 Å². The molecule has 0 fully saturated rings. The molecule has 2 N–H and O–H groups in total. The van der Waals surface area contributed by atoms with Gasteiger partial charge in [0.2, 0.25) is 5.75 Å². The topological polar surface area (TPSA) is 79.2 Å². The molecule has 1 aromatic carbocycles. The highest BCUT2D eigenvalue weighted by atomic mass is 32.1. The van der Waals surface area contributed by atoms with Crippen molar-refractivity contribution in [2.45, 2.75) is 26.9 Å². The fraction of sp³-hybridized carbons (Fsp3) is 0.444. The lowest BCUT2D eigenvalue weighted by Crippen LogP contribution is -2.38. The molecule has 26 heavy (non-hydrogen) atoms. The molecule has 0 atom stereocenters. The molecule has 8 heteroatoms. The van der Waals surface area contributed by atoms with E-state index in [4.69, 9.17) is 9.47 Å². The van der Waals surface area contributed by atoms with Gasteiger partial charge in [0.1, 0.15) is 0 Å². The Balaban J connectivity index is 2.17. The smallest absolute Gasteiger partial charge is 0.200 e. The van der Waals surface area contributed by atoms with Crippen molar-refractivity contribution in [3.63, 3.8) is 0 Å². The van der Waals surface area contributed by atoms with Gasteiger partial charge in [0.25, 0.3) is 0 Å². The number of guanidine groups is 1. The molecule has 0 amide bonds. The Bertz CT molecular complexity index is 736. The molecule has 1 heterocycles. The maximum absolute atomic E-state index is 10.0. The van der Waals surface area contributed by atoms with Crippen LogP contribution in [0.1, 0.15) is 23.2 Å². The number of hydrogen-bond donors (Lipinski definition) is 2. The van der Waals surface area contributed by atoms with E-state index in [1.54, 1.807) is 23.5 Å². The van der Waals surface area contributed by atoms with E-state index >= 15 is 0 Å². The standard InChI is InChI=1S/C18H26N4O3S/c1-6-19-18(22(3)10-14-11-26-12(2)21-14)20-9-13-7-15(24-4)17(23)16(8-13)25-5/h7-8,11,23H,6,9-10H2,1-5H3,(H,19,20). The molecule has 0 aliphatic heterocycles. The zero-order valence-corrected chi connectivity index (χ0v) is 16.7. The first-order valence-corrected chi connectivity index (χ1v) is 9.20. The van der Waals surface area contributed by atoms with E-state index in [1.807, 2.05) is 25.8 Å². The molecule has 0 radical (unpaired) electrons. The predicted molar refractivity (Wildman–Crippen MR) is 104 cm³/mol. The summed E-state index contributed by atoms with van der Waals surface area (Å²) in [5.74, 6) is 1.51. The number of ether oxygens (including phenoxy) is 2. The van der Waals surface area contributed by atoms with Crippen molar-refractivity contribution in [2.24, 2.45) is 4.99 Å². The van der Waals surface area contributed by atoms with Crippen LogP contribution in [0.4, 0.5) is 0 Å². The Labute approximate surface area is 158 Å². The maximum atomic E-state index is 10.0. The van der Waals surface area contributed by atoms with E-state index in [0.29, 0.717) is 24.6 Å². The highest BCUT2D eigenvalue weighted by molar-refractivity contribution is 7.09. The molecule has 0 aliphatic rings. The first kappa shape index (κ1) is 19.8. The van der Waals surface area contributed by atoms with Crippen LogP contribution in [-0.4, -0.2) is 48.8 Å². The number of phenols is 1. The van der Waals surface area contributed by atoms with E-state index < -0.39 is 0 Å². The minimum absolute atomic E-state index is 0.00865. The number of nitrogens with zero attached hydrogens (tertiary/aromatic N) is 3. The van der Waals surface area contributed by atoms with Crippen LogP contribution in [0.3, 0.4) is 0 Å². The SMILES string of the molecule is CCNC(=NCc1cc(OC)c(O)c(OC)c1)N(C)Cc1csc(C)n1. The summed E-state index contributed by atoms with van der Waals surface area (Å²) in [4.78, 5) is 11.2. The number of rotatable bonds is 7. The lowest BCUT2D eigenvalue weighted by Gasteiger charge is -2.21. The van der Waals surface area contributed by atoms with E-state index in [0.717, 1.165) is 28.8 Å². The molecule has 0 bridgehead atoms. The number of methoxy groups -OCH3 is 2. The van der Waals surface area contributed by atoms with E-state index in [1.165, 1.54) is 14.2 Å². The minimum atomic E-state index is -0.00865. The van der Waals surface area contributed by atoms with Gasteiger partial charge in [-0.1, -0.05) is 0 Å². The fourth-order valence-electron chi connectivity index (χ4n) is 2.47. The van der Waals surface area contributed by atoms with Crippen LogP contribution >= 0.6 is 11.3 Å². The number of aliphatic imine (C=N–C) groups is 1. The minimum Gasteiger partial charge on any atom is -0.502 e. The van der Waals surface area contributed by atoms with E-state index in [9.17, 15) is 5.11 Å². The first-order chi connectivity index (χ1) is 12.5. The average Bonchev–Trinajstić information content (AvgIpc) is 3.04. The van der Waals surface area contributed by atoms with Crippen molar-refractivity contribution in [1.82, 2.24) is 15.2 Å². The number of phenolic OH excluding ortho intramolecular Hbond substituents is 1. The number of aryl methyl sites for hydroxylation is 1. The number of nitrogens with one attached hydrogen (secondary N) is 1. The van der Waals surface area contributed by atoms with Crippen molar-refractivity contribution in [1.29, 1.82) is 0 Å². The lowest BCUT2D eigenvalue weighted by atomic mass is 10.2. The summed E-state index contributed by atoms with van der Waals surface area (Å²) in [6, 6.07) is 3.52. The highest BCUT2D eigenvalue weighted by Crippen LogP contribution is 2.37. The monoisotopic (exact) mass is 378 g/mol. The first-order valence-electron chi connectivity index (χ1n) is 8.32. The van der Waals surface area contributed by atoms with Crippen LogP contribution in [0.2, 0.25) is 0 Å². The van der Waals surface area contributed by atoms with Gasteiger partial charge in [-0.15, -0.1) is 11.3 Å². The van der Waals surface area contributed by atoms with Gasteiger partial charge in [0.15, 0.2) is 17.5 Å².